The Morgan fingerprint density at radius 3 is 2.26 bits per heavy atom. The Hall–Kier alpha value is -3.15. The molecule has 224 valence electrons. The zero-order valence-electron chi connectivity index (χ0n) is 22.5. The van der Waals surface area contributed by atoms with Crippen molar-refractivity contribution in [1.29, 1.82) is 0 Å². The first-order chi connectivity index (χ1) is 19.6. The third kappa shape index (κ3) is 8.92. The molecule has 1 saturated heterocycles. The molecule has 0 aromatic heterocycles. The van der Waals surface area contributed by atoms with Gasteiger partial charge in [0.05, 0.1) is 22.2 Å². The van der Waals surface area contributed by atoms with Crippen molar-refractivity contribution in [2.24, 2.45) is 5.92 Å². The number of para-hydroxylation sites is 1. The molecule has 3 aromatic rings. The Labute approximate surface area is 261 Å². The van der Waals surface area contributed by atoms with Gasteiger partial charge in [-0.1, -0.05) is 35.3 Å². The van der Waals surface area contributed by atoms with Gasteiger partial charge in [0.2, 0.25) is 5.91 Å². The molecule has 0 aliphatic carbocycles. The Balaban J connectivity index is 0.00000484. The summed E-state index contributed by atoms with van der Waals surface area (Å²) in [6.07, 6.45) is 3.09. The minimum Gasteiger partial charge on any atom is -0.355 e. The van der Waals surface area contributed by atoms with Crippen LogP contribution in [-0.2, 0) is 14.8 Å². The highest BCUT2D eigenvalue weighted by Crippen LogP contribution is 2.27. The highest BCUT2D eigenvalue weighted by Gasteiger charge is 2.21. The van der Waals surface area contributed by atoms with Gasteiger partial charge >= 0.3 is 0 Å². The molecule has 9 nitrogen and oxygen atoms in total. The van der Waals surface area contributed by atoms with Gasteiger partial charge in [0.15, 0.2) is 5.78 Å². The number of carbonyl (C=O) groups excluding carboxylic acids is 3. The van der Waals surface area contributed by atoms with Crippen molar-refractivity contribution in [3.63, 3.8) is 0 Å². The lowest BCUT2D eigenvalue weighted by molar-refractivity contribution is -0.120. The van der Waals surface area contributed by atoms with E-state index in [1.165, 1.54) is 54.6 Å². The smallest absolute Gasteiger partial charge is 0.261 e. The SMILES string of the molecule is Cl.O=C(CNC(=O)c1ccc(S(=O)(=O)Nc2ccccc2C(=O)c2ccc(Cl)cc2Cl)cc1)NCCC1CCNCC1. The van der Waals surface area contributed by atoms with Crippen LogP contribution < -0.4 is 20.7 Å². The van der Waals surface area contributed by atoms with Crippen LogP contribution in [0, 0.1) is 5.92 Å². The second kappa shape index (κ2) is 15.4. The Bertz CT molecular complexity index is 1530. The second-order valence-electron chi connectivity index (χ2n) is 9.64. The van der Waals surface area contributed by atoms with Crippen LogP contribution in [0.4, 0.5) is 5.69 Å². The zero-order chi connectivity index (χ0) is 29.4. The molecule has 0 radical (unpaired) electrons. The summed E-state index contributed by atoms with van der Waals surface area (Å²) in [5.74, 6) is -0.686. The van der Waals surface area contributed by atoms with Gasteiger partial charge in [-0.3, -0.25) is 19.1 Å². The molecule has 1 aliphatic heterocycles. The van der Waals surface area contributed by atoms with Gasteiger partial charge in [0, 0.05) is 28.3 Å². The van der Waals surface area contributed by atoms with Crippen molar-refractivity contribution in [2.75, 3.05) is 30.9 Å². The summed E-state index contributed by atoms with van der Waals surface area (Å²) in [5, 5.41) is 9.18. The van der Waals surface area contributed by atoms with Crippen LogP contribution in [0.2, 0.25) is 10.0 Å². The summed E-state index contributed by atoms with van der Waals surface area (Å²) in [5.41, 5.74) is 0.537. The first-order valence-corrected chi connectivity index (χ1v) is 15.4. The van der Waals surface area contributed by atoms with Crippen molar-refractivity contribution in [3.05, 3.63) is 93.5 Å². The van der Waals surface area contributed by atoms with Gasteiger partial charge in [-0.15, -0.1) is 12.4 Å². The maximum Gasteiger partial charge on any atom is 0.261 e. The van der Waals surface area contributed by atoms with E-state index in [9.17, 15) is 22.8 Å². The van der Waals surface area contributed by atoms with Crippen LogP contribution in [0.5, 0.6) is 0 Å². The molecule has 0 unspecified atom stereocenters. The van der Waals surface area contributed by atoms with Crippen molar-refractivity contribution >= 4 is 68.9 Å². The van der Waals surface area contributed by atoms with Gasteiger partial charge in [0.1, 0.15) is 0 Å². The van der Waals surface area contributed by atoms with E-state index >= 15 is 0 Å². The summed E-state index contributed by atoms with van der Waals surface area (Å²) in [4.78, 5) is 37.7. The van der Waals surface area contributed by atoms with Gasteiger partial charge < -0.3 is 16.0 Å². The molecule has 42 heavy (non-hydrogen) atoms. The quantitative estimate of drug-likeness (QED) is 0.222. The minimum absolute atomic E-state index is 0. The molecule has 0 bridgehead atoms. The van der Waals surface area contributed by atoms with E-state index < -0.39 is 21.7 Å². The average Bonchev–Trinajstić information content (AvgIpc) is 2.96. The highest BCUT2D eigenvalue weighted by molar-refractivity contribution is 7.92. The molecular weight excluding hydrogens is 623 g/mol. The number of sulfonamides is 1. The summed E-state index contributed by atoms with van der Waals surface area (Å²) in [6.45, 7) is 2.37. The number of nitrogens with one attached hydrogen (secondary N) is 4. The van der Waals surface area contributed by atoms with Crippen molar-refractivity contribution in [1.82, 2.24) is 16.0 Å². The number of amides is 2. The lowest BCUT2D eigenvalue weighted by atomic mass is 9.95. The molecule has 3 aromatic carbocycles. The van der Waals surface area contributed by atoms with Crippen LogP contribution in [0.1, 0.15) is 45.5 Å². The molecule has 4 rings (SSSR count). The Morgan fingerprint density at radius 2 is 1.57 bits per heavy atom. The molecule has 4 N–H and O–H groups in total. The number of benzene rings is 3. The number of piperidine rings is 1. The molecular formula is C29H31Cl3N4O5S. The normalized spacial score (nSPS) is 13.5. The number of rotatable bonds is 11. The Morgan fingerprint density at radius 1 is 0.881 bits per heavy atom. The molecule has 13 heteroatoms. The number of halogens is 3. The summed E-state index contributed by atoms with van der Waals surface area (Å²) in [7, 11) is -4.11. The maximum atomic E-state index is 13.1. The average molecular weight is 654 g/mol. The largest absolute Gasteiger partial charge is 0.355 e. The number of carbonyl (C=O) groups is 3. The second-order valence-corrected chi connectivity index (χ2v) is 12.2. The summed E-state index contributed by atoms with van der Waals surface area (Å²) < 4.78 is 28.7. The molecule has 0 spiro atoms. The van der Waals surface area contributed by atoms with Crippen LogP contribution >= 0.6 is 35.6 Å². The van der Waals surface area contributed by atoms with E-state index in [0.717, 1.165) is 32.4 Å². The highest BCUT2D eigenvalue weighted by atomic mass is 35.5. The molecule has 1 heterocycles. The third-order valence-electron chi connectivity index (χ3n) is 6.76. The van der Waals surface area contributed by atoms with Gasteiger partial charge in [-0.25, -0.2) is 8.42 Å². The molecule has 0 saturated carbocycles. The van der Waals surface area contributed by atoms with E-state index in [2.05, 4.69) is 20.7 Å². The fourth-order valence-electron chi connectivity index (χ4n) is 4.49. The molecule has 2 amide bonds. The van der Waals surface area contributed by atoms with Crippen molar-refractivity contribution < 1.29 is 22.8 Å². The molecule has 0 atom stereocenters. The number of ketones is 1. The van der Waals surface area contributed by atoms with E-state index in [1.54, 1.807) is 12.1 Å². The van der Waals surface area contributed by atoms with Gasteiger partial charge in [-0.05, 0) is 92.9 Å². The zero-order valence-corrected chi connectivity index (χ0v) is 25.6. The predicted molar refractivity (Wildman–Crippen MR) is 166 cm³/mol. The number of anilines is 1. The fourth-order valence-corrected chi connectivity index (χ4v) is 6.06. The van der Waals surface area contributed by atoms with E-state index in [1.807, 2.05) is 0 Å². The van der Waals surface area contributed by atoms with Crippen molar-refractivity contribution in [3.8, 4) is 0 Å². The molecule has 1 aliphatic rings. The lowest BCUT2D eigenvalue weighted by Gasteiger charge is -2.22. The van der Waals surface area contributed by atoms with Crippen LogP contribution in [-0.4, -0.2) is 52.2 Å². The summed E-state index contributed by atoms with van der Waals surface area (Å²) in [6, 6.07) is 15.8. The maximum absolute atomic E-state index is 13.1. The van der Waals surface area contributed by atoms with Crippen molar-refractivity contribution in [2.45, 2.75) is 24.2 Å². The van der Waals surface area contributed by atoms with Crippen LogP contribution in [0.3, 0.4) is 0 Å². The van der Waals surface area contributed by atoms with Crippen LogP contribution in [0.25, 0.3) is 0 Å². The lowest BCUT2D eigenvalue weighted by Crippen LogP contribution is -2.38. The Kier molecular flexibility index (Phi) is 12.2. The topological polar surface area (TPSA) is 133 Å². The van der Waals surface area contributed by atoms with E-state index in [-0.39, 0.29) is 57.2 Å². The first kappa shape index (κ1) is 33.4. The number of hydrogen-bond acceptors (Lipinski definition) is 6. The standard InChI is InChI=1S/C29H30Cl2N4O5S.ClH/c30-21-7-10-23(25(31)17-21)28(37)24-3-1-2-4-26(24)35-41(39,40)22-8-5-20(6-9-22)29(38)34-18-27(36)33-16-13-19-11-14-32-15-12-19;/h1-10,17,19,32,35H,11-16,18H2,(H,33,36)(H,34,38);1H. The minimum atomic E-state index is -4.11. The fraction of sp³-hybridized carbons (Fsp3) is 0.276. The van der Waals surface area contributed by atoms with Gasteiger partial charge in [0.25, 0.3) is 15.9 Å². The third-order valence-corrected chi connectivity index (χ3v) is 8.69. The van der Waals surface area contributed by atoms with Crippen LogP contribution in [0.15, 0.2) is 71.6 Å². The van der Waals surface area contributed by atoms with E-state index in [4.69, 9.17) is 23.2 Å². The van der Waals surface area contributed by atoms with E-state index in [0.29, 0.717) is 17.5 Å². The summed E-state index contributed by atoms with van der Waals surface area (Å²) >= 11 is 12.1. The number of hydrogen-bond donors (Lipinski definition) is 4. The monoisotopic (exact) mass is 652 g/mol. The first-order valence-electron chi connectivity index (χ1n) is 13.1. The predicted octanol–water partition coefficient (Wildman–Crippen LogP) is 4.68. The van der Waals surface area contributed by atoms with Gasteiger partial charge in [-0.2, -0.15) is 0 Å². The molecule has 1 fully saturated rings.